The number of benzene rings is 2. The van der Waals surface area contributed by atoms with Crippen molar-refractivity contribution in [3.63, 3.8) is 0 Å². The van der Waals surface area contributed by atoms with Crippen molar-refractivity contribution in [3.8, 4) is 5.75 Å². The summed E-state index contributed by atoms with van der Waals surface area (Å²) in [6.45, 7) is 0. The third-order valence-corrected chi connectivity index (χ3v) is 5.11. The van der Waals surface area contributed by atoms with Crippen LogP contribution in [0, 0.1) is 5.92 Å². The number of amides is 1. The van der Waals surface area contributed by atoms with E-state index in [0.29, 0.717) is 12.0 Å². The average molecular weight is 384 g/mol. The zero-order valence-electron chi connectivity index (χ0n) is 15.5. The number of aromatic hydroxyl groups is 1. The van der Waals surface area contributed by atoms with Gasteiger partial charge >= 0.3 is 5.97 Å². The Morgan fingerprint density at radius 3 is 2.71 bits per heavy atom. The maximum atomic E-state index is 13.0. The Balaban J connectivity index is 1.83. The number of methoxy groups -OCH3 is 1. The first-order valence-electron chi connectivity index (χ1n) is 9.08. The molecule has 0 bridgehead atoms. The summed E-state index contributed by atoms with van der Waals surface area (Å²) in [6.07, 6.45) is -0.167. The summed E-state index contributed by atoms with van der Waals surface area (Å²) in [4.78, 5) is 25.0. The molecule has 7 nitrogen and oxygen atoms in total. The molecule has 2 aromatic carbocycles. The van der Waals surface area contributed by atoms with Gasteiger partial charge in [-0.3, -0.25) is 9.59 Å². The van der Waals surface area contributed by atoms with Gasteiger partial charge in [-0.25, -0.2) is 0 Å². The predicted molar refractivity (Wildman–Crippen MR) is 102 cm³/mol. The quantitative estimate of drug-likeness (QED) is 0.547. The van der Waals surface area contributed by atoms with Gasteiger partial charge in [0.1, 0.15) is 11.8 Å². The molecule has 2 aromatic rings. The molecule has 148 valence electrons. The molecule has 4 atom stereocenters. The van der Waals surface area contributed by atoms with Crippen molar-refractivity contribution in [1.82, 2.24) is 5.32 Å². The zero-order chi connectivity index (χ0) is 20.3. The van der Waals surface area contributed by atoms with Crippen molar-refractivity contribution in [3.05, 3.63) is 65.2 Å². The Morgan fingerprint density at radius 2 is 2.00 bits per heavy atom. The molecule has 0 saturated heterocycles. The number of phenols is 1. The third kappa shape index (κ3) is 4.16. The standard InChI is InChI=1S/C21H24N2O5/c1-28-21(27)18(22)16(10-12-5-4-7-14(24)9-12)20(26)23-19-15-8-3-2-6-13(15)11-17(19)25/h2-9,16-19,24-25H,10-11,22H2,1H3,(H,23,26)/t16-,17-,18+,19+/m1/s1. The van der Waals surface area contributed by atoms with Crippen molar-refractivity contribution in [1.29, 1.82) is 0 Å². The average Bonchev–Trinajstić information content (AvgIpc) is 3.00. The van der Waals surface area contributed by atoms with Gasteiger partial charge in [-0.1, -0.05) is 36.4 Å². The molecule has 0 aliphatic heterocycles. The van der Waals surface area contributed by atoms with Crippen LogP contribution in [0.3, 0.4) is 0 Å². The van der Waals surface area contributed by atoms with Gasteiger partial charge in [0.05, 0.1) is 25.2 Å². The summed E-state index contributed by atoms with van der Waals surface area (Å²) >= 11 is 0. The largest absolute Gasteiger partial charge is 0.508 e. The minimum Gasteiger partial charge on any atom is -0.508 e. The number of carbonyl (C=O) groups is 2. The van der Waals surface area contributed by atoms with Crippen molar-refractivity contribution < 1.29 is 24.5 Å². The highest BCUT2D eigenvalue weighted by molar-refractivity contribution is 5.88. The fourth-order valence-corrected chi connectivity index (χ4v) is 3.63. The summed E-state index contributed by atoms with van der Waals surface area (Å²) in [5, 5.41) is 22.9. The summed E-state index contributed by atoms with van der Waals surface area (Å²) in [6, 6.07) is 12.2. The number of nitrogens with two attached hydrogens (primary N) is 1. The van der Waals surface area contributed by atoms with Crippen LogP contribution < -0.4 is 11.1 Å². The second kappa shape index (κ2) is 8.41. The Kier molecular flexibility index (Phi) is 5.96. The number of carbonyl (C=O) groups excluding carboxylic acids is 2. The van der Waals surface area contributed by atoms with E-state index in [9.17, 15) is 19.8 Å². The smallest absolute Gasteiger partial charge is 0.323 e. The molecule has 3 rings (SSSR count). The highest BCUT2D eigenvalue weighted by Crippen LogP contribution is 2.31. The molecular formula is C21H24N2O5. The van der Waals surface area contributed by atoms with Crippen LogP contribution in [0.5, 0.6) is 5.75 Å². The first-order chi connectivity index (χ1) is 13.4. The first kappa shape index (κ1) is 19.9. The monoisotopic (exact) mass is 384 g/mol. The fraction of sp³-hybridized carbons (Fsp3) is 0.333. The summed E-state index contributed by atoms with van der Waals surface area (Å²) in [5.74, 6) is -2.02. The third-order valence-electron chi connectivity index (χ3n) is 5.11. The van der Waals surface area contributed by atoms with Crippen molar-refractivity contribution >= 4 is 11.9 Å². The second-order valence-corrected chi connectivity index (χ2v) is 6.99. The van der Waals surface area contributed by atoms with Crippen LogP contribution in [0.4, 0.5) is 0 Å². The lowest BCUT2D eigenvalue weighted by Crippen LogP contribution is -2.49. The van der Waals surface area contributed by atoms with Crippen molar-refractivity contribution in [2.45, 2.75) is 31.0 Å². The van der Waals surface area contributed by atoms with Crippen molar-refractivity contribution in [2.24, 2.45) is 11.7 Å². The van der Waals surface area contributed by atoms with Crippen LogP contribution in [0.25, 0.3) is 0 Å². The molecule has 0 unspecified atom stereocenters. The van der Waals surface area contributed by atoms with Gasteiger partial charge in [0, 0.05) is 6.42 Å². The van der Waals surface area contributed by atoms with E-state index in [-0.39, 0.29) is 12.2 Å². The van der Waals surface area contributed by atoms with E-state index in [1.54, 1.807) is 12.1 Å². The Bertz CT molecular complexity index is 869. The number of hydrogen-bond acceptors (Lipinski definition) is 6. The number of hydrogen-bond donors (Lipinski definition) is 4. The van der Waals surface area contributed by atoms with E-state index in [4.69, 9.17) is 10.5 Å². The topological polar surface area (TPSA) is 122 Å². The molecule has 1 aliphatic rings. The maximum absolute atomic E-state index is 13.0. The molecule has 0 spiro atoms. The normalized spacial score (nSPS) is 20.1. The van der Waals surface area contributed by atoms with Crippen LogP contribution in [0.1, 0.15) is 22.7 Å². The lowest BCUT2D eigenvalue weighted by Gasteiger charge is -2.25. The minimum absolute atomic E-state index is 0.0587. The Morgan fingerprint density at radius 1 is 1.25 bits per heavy atom. The molecule has 0 aromatic heterocycles. The highest BCUT2D eigenvalue weighted by atomic mass is 16.5. The predicted octanol–water partition coefficient (Wildman–Crippen LogP) is 0.826. The molecule has 28 heavy (non-hydrogen) atoms. The van der Waals surface area contributed by atoms with E-state index in [2.05, 4.69) is 5.32 Å². The lowest BCUT2D eigenvalue weighted by molar-refractivity contribution is -0.146. The van der Waals surface area contributed by atoms with Gasteiger partial charge in [0.15, 0.2) is 0 Å². The summed E-state index contributed by atoms with van der Waals surface area (Å²) in [7, 11) is 1.21. The molecule has 5 N–H and O–H groups in total. The van der Waals surface area contributed by atoms with Gasteiger partial charge in [-0.15, -0.1) is 0 Å². The van der Waals surface area contributed by atoms with Gasteiger partial charge in [-0.05, 0) is 35.2 Å². The zero-order valence-corrected chi connectivity index (χ0v) is 15.5. The van der Waals surface area contributed by atoms with Gasteiger partial charge in [0.25, 0.3) is 0 Å². The van der Waals surface area contributed by atoms with E-state index in [1.165, 1.54) is 19.2 Å². The van der Waals surface area contributed by atoms with Crippen LogP contribution in [0.15, 0.2) is 48.5 Å². The van der Waals surface area contributed by atoms with E-state index in [0.717, 1.165) is 11.1 Å². The number of phenolic OH excluding ortho intramolecular Hbond substituents is 1. The van der Waals surface area contributed by atoms with Crippen LogP contribution in [-0.2, 0) is 27.2 Å². The number of nitrogens with one attached hydrogen (secondary N) is 1. The molecule has 1 amide bonds. The first-order valence-corrected chi connectivity index (χ1v) is 9.08. The SMILES string of the molecule is COC(=O)[C@@H](N)[C@@H](Cc1cccc(O)c1)C(=O)N[C@H]1c2ccccc2C[C@H]1O. The molecular weight excluding hydrogens is 360 g/mol. The number of aliphatic hydroxyl groups excluding tert-OH is 1. The van der Waals surface area contributed by atoms with Crippen LogP contribution >= 0.6 is 0 Å². The molecule has 0 saturated carbocycles. The Labute approximate surface area is 163 Å². The number of esters is 1. The van der Waals surface area contributed by atoms with Crippen LogP contribution in [0.2, 0.25) is 0 Å². The fourth-order valence-electron chi connectivity index (χ4n) is 3.63. The molecule has 7 heteroatoms. The molecule has 0 radical (unpaired) electrons. The molecule has 0 heterocycles. The number of rotatable bonds is 6. The van der Waals surface area contributed by atoms with E-state index in [1.807, 2.05) is 24.3 Å². The number of aliphatic hydroxyl groups is 1. The van der Waals surface area contributed by atoms with Gasteiger partial charge < -0.3 is 26.0 Å². The second-order valence-electron chi connectivity index (χ2n) is 6.99. The molecule has 1 aliphatic carbocycles. The van der Waals surface area contributed by atoms with E-state index < -0.39 is 36.0 Å². The number of ether oxygens (including phenoxy) is 1. The highest BCUT2D eigenvalue weighted by Gasteiger charge is 2.37. The lowest BCUT2D eigenvalue weighted by atomic mass is 9.91. The maximum Gasteiger partial charge on any atom is 0.323 e. The Hall–Kier alpha value is -2.90. The van der Waals surface area contributed by atoms with Crippen LogP contribution in [-0.4, -0.2) is 41.3 Å². The minimum atomic E-state index is -1.18. The van der Waals surface area contributed by atoms with E-state index >= 15 is 0 Å². The van der Waals surface area contributed by atoms with Gasteiger partial charge in [-0.2, -0.15) is 0 Å². The number of fused-ring (bicyclic) bond motifs is 1. The molecule has 0 fully saturated rings. The van der Waals surface area contributed by atoms with Crippen molar-refractivity contribution in [2.75, 3.05) is 7.11 Å². The summed E-state index contributed by atoms with van der Waals surface area (Å²) in [5.41, 5.74) is 8.49. The van der Waals surface area contributed by atoms with Gasteiger partial charge in [0.2, 0.25) is 5.91 Å². The summed E-state index contributed by atoms with van der Waals surface area (Å²) < 4.78 is 4.71.